The number of rotatable bonds is 4. The third-order valence-corrected chi connectivity index (χ3v) is 6.64. The van der Waals surface area contributed by atoms with Crippen molar-refractivity contribution < 1.29 is 17.9 Å². The molecule has 22 heavy (non-hydrogen) atoms. The summed E-state index contributed by atoms with van der Waals surface area (Å²) in [6.45, 7) is 7.68. The third kappa shape index (κ3) is 4.95. The molecule has 2 fully saturated rings. The monoisotopic (exact) mass is 331 g/mol. The van der Waals surface area contributed by atoms with Gasteiger partial charge in [-0.15, -0.1) is 0 Å². The van der Waals surface area contributed by atoms with Crippen LogP contribution in [0, 0.1) is 17.8 Å². The maximum atomic E-state index is 12.2. The fraction of sp³-hybridized carbons (Fsp3) is 0.938. The minimum Gasteiger partial charge on any atom is -0.461 e. The molecule has 1 heterocycles. The molecule has 1 saturated heterocycles. The molecule has 3 unspecified atom stereocenters. The first-order valence-electron chi connectivity index (χ1n) is 8.39. The second kappa shape index (κ2) is 7.30. The van der Waals surface area contributed by atoms with E-state index in [2.05, 4.69) is 20.8 Å². The van der Waals surface area contributed by atoms with Gasteiger partial charge < -0.3 is 4.74 Å². The molecule has 0 radical (unpaired) electrons. The van der Waals surface area contributed by atoms with Gasteiger partial charge in [0.15, 0.2) is 9.84 Å². The van der Waals surface area contributed by atoms with E-state index in [0.717, 1.165) is 12.8 Å². The molecule has 0 aromatic heterocycles. The zero-order valence-corrected chi connectivity index (χ0v) is 14.8. The van der Waals surface area contributed by atoms with Crippen LogP contribution in [0.1, 0.15) is 40.0 Å². The highest BCUT2D eigenvalue weighted by molar-refractivity contribution is 7.91. The van der Waals surface area contributed by atoms with Gasteiger partial charge in [-0.3, -0.25) is 9.69 Å². The van der Waals surface area contributed by atoms with E-state index in [9.17, 15) is 13.2 Å². The molecule has 128 valence electrons. The lowest BCUT2D eigenvalue weighted by Gasteiger charge is -2.37. The van der Waals surface area contributed by atoms with Crippen molar-refractivity contribution in [3.8, 4) is 0 Å². The first-order valence-corrected chi connectivity index (χ1v) is 10.2. The van der Waals surface area contributed by atoms with Crippen molar-refractivity contribution in [1.82, 2.24) is 4.90 Å². The summed E-state index contributed by atoms with van der Waals surface area (Å²) in [6.07, 6.45) is 3.30. The Morgan fingerprint density at radius 3 is 2.45 bits per heavy atom. The van der Waals surface area contributed by atoms with Gasteiger partial charge >= 0.3 is 5.97 Å². The molecule has 5 nitrogen and oxygen atoms in total. The van der Waals surface area contributed by atoms with Crippen molar-refractivity contribution in [3.63, 3.8) is 0 Å². The standard InChI is InChI=1S/C16H29NO4S/c1-12(2)14-5-4-13(3)10-15(14)21-16(18)11-17-6-8-22(19,20)9-7-17/h12-15H,4-11H2,1-3H3. The molecule has 1 saturated carbocycles. The lowest BCUT2D eigenvalue weighted by molar-refractivity contribution is -0.157. The van der Waals surface area contributed by atoms with E-state index in [1.54, 1.807) is 0 Å². The third-order valence-electron chi connectivity index (χ3n) is 5.03. The van der Waals surface area contributed by atoms with Gasteiger partial charge in [-0.1, -0.05) is 27.2 Å². The number of carbonyl (C=O) groups is 1. The first kappa shape index (κ1) is 17.7. The Bertz CT molecular complexity index is 474. The molecule has 3 atom stereocenters. The van der Waals surface area contributed by atoms with E-state index < -0.39 is 9.84 Å². The average Bonchev–Trinajstić information content (AvgIpc) is 2.41. The maximum absolute atomic E-state index is 12.2. The first-order chi connectivity index (χ1) is 10.3. The molecule has 6 heteroatoms. The summed E-state index contributed by atoms with van der Waals surface area (Å²) in [5, 5.41) is 0. The SMILES string of the molecule is CC1CCC(C(C)C)C(OC(=O)CN2CCS(=O)(=O)CC2)C1. The van der Waals surface area contributed by atoms with Crippen LogP contribution in [0.5, 0.6) is 0 Å². The van der Waals surface area contributed by atoms with Crippen LogP contribution in [0.2, 0.25) is 0 Å². The molecule has 0 spiro atoms. The van der Waals surface area contributed by atoms with Gasteiger partial charge in [0.25, 0.3) is 0 Å². The van der Waals surface area contributed by atoms with Crippen LogP contribution < -0.4 is 0 Å². The van der Waals surface area contributed by atoms with Crippen molar-refractivity contribution in [2.75, 3.05) is 31.1 Å². The molecular weight excluding hydrogens is 302 g/mol. The van der Waals surface area contributed by atoms with E-state index in [1.165, 1.54) is 6.42 Å². The zero-order chi connectivity index (χ0) is 16.3. The van der Waals surface area contributed by atoms with Gasteiger partial charge in [0.2, 0.25) is 0 Å². The smallest absolute Gasteiger partial charge is 0.320 e. The fourth-order valence-electron chi connectivity index (χ4n) is 3.55. The van der Waals surface area contributed by atoms with E-state index in [4.69, 9.17) is 4.74 Å². The van der Waals surface area contributed by atoms with Crippen LogP contribution in [-0.2, 0) is 19.4 Å². The summed E-state index contributed by atoms with van der Waals surface area (Å²) >= 11 is 0. The number of esters is 1. The average molecular weight is 331 g/mol. The van der Waals surface area contributed by atoms with Gasteiger partial charge in [-0.25, -0.2) is 8.42 Å². The number of hydrogen-bond acceptors (Lipinski definition) is 5. The molecule has 0 N–H and O–H groups in total. The quantitative estimate of drug-likeness (QED) is 0.734. The van der Waals surface area contributed by atoms with Crippen LogP contribution >= 0.6 is 0 Å². The number of carbonyl (C=O) groups excluding carboxylic acids is 1. The molecule has 0 aromatic rings. The highest BCUT2D eigenvalue weighted by atomic mass is 32.2. The normalized spacial score (nSPS) is 32.8. The van der Waals surface area contributed by atoms with Crippen LogP contribution in [0.4, 0.5) is 0 Å². The van der Waals surface area contributed by atoms with Crippen LogP contribution in [0.3, 0.4) is 0 Å². The van der Waals surface area contributed by atoms with Crippen LogP contribution in [0.25, 0.3) is 0 Å². The summed E-state index contributed by atoms with van der Waals surface area (Å²) < 4.78 is 28.6. The van der Waals surface area contributed by atoms with Crippen molar-refractivity contribution in [1.29, 1.82) is 0 Å². The van der Waals surface area contributed by atoms with Gasteiger partial charge in [0.05, 0.1) is 18.1 Å². The van der Waals surface area contributed by atoms with Crippen molar-refractivity contribution in [2.45, 2.75) is 46.1 Å². The number of nitrogens with zero attached hydrogens (tertiary/aromatic N) is 1. The van der Waals surface area contributed by atoms with Crippen LogP contribution in [0.15, 0.2) is 0 Å². The minimum atomic E-state index is -2.90. The van der Waals surface area contributed by atoms with E-state index >= 15 is 0 Å². The molecule has 1 aliphatic carbocycles. The Morgan fingerprint density at radius 1 is 1.23 bits per heavy atom. The fourth-order valence-corrected chi connectivity index (χ4v) is 4.82. The topological polar surface area (TPSA) is 63.7 Å². The molecule has 2 aliphatic rings. The molecule has 0 aromatic carbocycles. The number of sulfone groups is 1. The highest BCUT2D eigenvalue weighted by Crippen LogP contribution is 2.35. The molecular formula is C16H29NO4S. The van der Waals surface area contributed by atoms with E-state index in [1.807, 2.05) is 4.90 Å². The van der Waals surface area contributed by atoms with Crippen molar-refractivity contribution in [2.24, 2.45) is 17.8 Å². The Kier molecular flexibility index (Phi) is 5.88. The number of ether oxygens (including phenoxy) is 1. The lowest BCUT2D eigenvalue weighted by Crippen LogP contribution is -2.44. The second-order valence-corrected chi connectivity index (χ2v) is 9.59. The lowest BCUT2D eigenvalue weighted by atomic mass is 9.75. The Labute approximate surface area is 134 Å². The van der Waals surface area contributed by atoms with E-state index in [-0.39, 0.29) is 30.1 Å². The molecule has 0 amide bonds. The summed E-state index contributed by atoms with van der Waals surface area (Å²) in [6, 6.07) is 0. The van der Waals surface area contributed by atoms with Crippen molar-refractivity contribution >= 4 is 15.8 Å². The van der Waals surface area contributed by atoms with Gasteiger partial charge in [0.1, 0.15) is 6.10 Å². The highest BCUT2D eigenvalue weighted by Gasteiger charge is 2.34. The zero-order valence-electron chi connectivity index (χ0n) is 14.0. The minimum absolute atomic E-state index is 0.0183. The molecule has 2 rings (SSSR count). The summed E-state index contributed by atoms with van der Waals surface area (Å²) in [5.74, 6) is 1.66. The summed E-state index contributed by atoms with van der Waals surface area (Å²) in [7, 11) is -2.90. The van der Waals surface area contributed by atoms with Gasteiger partial charge in [0, 0.05) is 13.1 Å². The molecule has 1 aliphatic heterocycles. The maximum Gasteiger partial charge on any atom is 0.320 e. The van der Waals surface area contributed by atoms with E-state index in [0.29, 0.717) is 30.8 Å². The van der Waals surface area contributed by atoms with Crippen LogP contribution in [-0.4, -0.2) is 56.5 Å². The second-order valence-electron chi connectivity index (χ2n) is 7.28. The van der Waals surface area contributed by atoms with Crippen molar-refractivity contribution in [3.05, 3.63) is 0 Å². The van der Waals surface area contributed by atoms with Gasteiger partial charge in [-0.2, -0.15) is 0 Å². The Balaban J connectivity index is 1.85. The predicted molar refractivity (Wildman–Crippen MR) is 86.3 cm³/mol. The Hall–Kier alpha value is -0.620. The largest absolute Gasteiger partial charge is 0.461 e. The van der Waals surface area contributed by atoms with Gasteiger partial charge in [-0.05, 0) is 30.6 Å². The predicted octanol–water partition coefficient (Wildman–Crippen LogP) is 1.72. The number of hydrogen-bond donors (Lipinski definition) is 0. The Morgan fingerprint density at radius 2 is 1.86 bits per heavy atom. The summed E-state index contributed by atoms with van der Waals surface area (Å²) in [4.78, 5) is 14.1. The molecule has 0 bridgehead atoms. The summed E-state index contributed by atoms with van der Waals surface area (Å²) in [5.41, 5.74) is 0.